The molecule has 0 saturated carbocycles. The Hall–Kier alpha value is -3.37. The summed E-state index contributed by atoms with van der Waals surface area (Å²) in [5.74, 6) is 0.478. The number of hydrogen-bond acceptors (Lipinski definition) is 6. The van der Waals surface area contributed by atoms with Gasteiger partial charge in [0.05, 0.1) is 17.4 Å². The maximum Gasteiger partial charge on any atom is 0.255 e. The van der Waals surface area contributed by atoms with E-state index in [1.54, 1.807) is 30.6 Å². The quantitative estimate of drug-likeness (QED) is 0.587. The third kappa shape index (κ3) is 4.39. The van der Waals surface area contributed by atoms with Crippen LogP contribution in [0.5, 0.6) is 0 Å². The Morgan fingerprint density at radius 1 is 1.19 bits per heavy atom. The number of thiol groups is 1. The monoisotopic (exact) mass is 429 g/mol. The Kier molecular flexibility index (Phi) is 5.42. The van der Waals surface area contributed by atoms with E-state index in [0.717, 1.165) is 34.8 Å². The molecular formula is C24H23N5OS. The predicted molar refractivity (Wildman–Crippen MR) is 125 cm³/mol. The molecule has 1 aliphatic rings. The number of hydrogen-bond donors (Lipinski definition) is 2. The number of carbonyl (C=O) groups excluding carboxylic acids is 1. The Morgan fingerprint density at radius 3 is 2.65 bits per heavy atom. The Labute approximate surface area is 187 Å². The molecule has 2 aromatic heterocycles. The molecule has 1 N–H and O–H groups in total. The summed E-state index contributed by atoms with van der Waals surface area (Å²) in [6.07, 6.45) is 3.39. The second kappa shape index (κ2) is 8.05. The van der Waals surface area contributed by atoms with Crippen LogP contribution >= 0.6 is 12.6 Å². The molecule has 0 spiro atoms. The zero-order chi connectivity index (χ0) is 22.2. The SMILES string of the molecule is Cc1ncc(NC(=O)c2cccc(S)c2)cc1-c1cnc(N2CC(C)(C)C2)c(C#N)c1. The number of anilines is 2. The first kappa shape index (κ1) is 20.9. The van der Waals surface area contributed by atoms with Gasteiger partial charge in [-0.25, -0.2) is 4.98 Å². The van der Waals surface area contributed by atoms with Crippen molar-refractivity contribution in [2.75, 3.05) is 23.3 Å². The lowest BCUT2D eigenvalue weighted by Crippen LogP contribution is -2.53. The van der Waals surface area contributed by atoms with Crippen molar-refractivity contribution in [3.05, 3.63) is 65.6 Å². The van der Waals surface area contributed by atoms with Crippen LogP contribution in [0.25, 0.3) is 11.1 Å². The third-order valence-corrected chi connectivity index (χ3v) is 5.57. The van der Waals surface area contributed by atoms with E-state index >= 15 is 0 Å². The van der Waals surface area contributed by atoms with E-state index in [1.165, 1.54) is 0 Å². The smallest absolute Gasteiger partial charge is 0.255 e. The van der Waals surface area contributed by atoms with Gasteiger partial charge >= 0.3 is 0 Å². The third-order valence-electron chi connectivity index (χ3n) is 5.29. The number of aromatic nitrogens is 2. The van der Waals surface area contributed by atoms with Crippen molar-refractivity contribution < 1.29 is 4.79 Å². The van der Waals surface area contributed by atoms with Crippen LogP contribution < -0.4 is 10.2 Å². The molecule has 1 amide bonds. The standard InChI is InChI=1S/C24H23N5OS/c1-15-21(9-19(12-26-15)28-23(30)16-5-4-6-20(31)8-16)18-7-17(10-25)22(27-11-18)29-13-24(2,3)14-29/h4-9,11-12,31H,13-14H2,1-3H3,(H,28,30). The number of nitrogens with one attached hydrogen (secondary N) is 1. The van der Waals surface area contributed by atoms with E-state index in [-0.39, 0.29) is 11.3 Å². The highest BCUT2D eigenvalue weighted by Gasteiger charge is 2.36. The van der Waals surface area contributed by atoms with Gasteiger partial charge < -0.3 is 10.2 Å². The molecule has 1 aliphatic heterocycles. The molecule has 7 heteroatoms. The highest BCUT2D eigenvalue weighted by Crippen LogP contribution is 2.35. The van der Waals surface area contributed by atoms with Gasteiger partial charge in [0, 0.05) is 46.6 Å². The molecule has 0 bridgehead atoms. The molecule has 4 rings (SSSR count). The Morgan fingerprint density at radius 2 is 1.97 bits per heavy atom. The van der Waals surface area contributed by atoms with E-state index in [1.807, 2.05) is 25.1 Å². The summed E-state index contributed by atoms with van der Waals surface area (Å²) in [6.45, 7) is 8.05. The highest BCUT2D eigenvalue weighted by atomic mass is 32.1. The summed E-state index contributed by atoms with van der Waals surface area (Å²) in [6, 6.07) is 13.0. The molecule has 0 aliphatic carbocycles. The lowest BCUT2D eigenvalue weighted by atomic mass is 9.84. The fourth-order valence-corrected chi connectivity index (χ4v) is 4.05. The fourth-order valence-electron chi connectivity index (χ4n) is 3.82. The van der Waals surface area contributed by atoms with Gasteiger partial charge in [0.25, 0.3) is 5.91 Å². The van der Waals surface area contributed by atoms with Gasteiger partial charge in [-0.05, 0) is 42.7 Å². The largest absolute Gasteiger partial charge is 0.354 e. The van der Waals surface area contributed by atoms with Crippen molar-refractivity contribution in [1.82, 2.24) is 9.97 Å². The molecule has 1 saturated heterocycles. The topological polar surface area (TPSA) is 81.9 Å². The maximum absolute atomic E-state index is 12.6. The number of carbonyl (C=O) groups is 1. The van der Waals surface area contributed by atoms with Crippen LogP contribution in [0.2, 0.25) is 0 Å². The van der Waals surface area contributed by atoms with Crippen molar-refractivity contribution in [2.24, 2.45) is 5.41 Å². The van der Waals surface area contributed by atoms with Gasteiger partial charge in [-0.1, -0.05) is 19.9 Å². The lowest BCUT2D eigenvalue weighted by Gasteiger charge is -2.46. The molecule has 3 heterocycles. The summed E-state index contributed by atoms with van der Waals surface area (Å²) in [5.41, 5.74) is 4.27. The van der Waals surface area contributed by atoms with Crippen LogP contribution in [0.3, 0.4) is 0 Å². The first-order valence-electron chi connectivity index (χ1n) is 9.98. The second-order valence-electron chi connectivity index (χ2n) is 8.59. The molecule has 0 radical (unpaired) electrons. The van der Waals surface area contributed by atoms with Crippen molar-refractivity contribution in [2.45, 2.75) is 25.7 Å². The minimum Gasteiger partial charge on any atom is -0.354 e. The van der Waals surface area contributed by atoms with E-state index in [0.29, 0.717) is 22.6 Å². The van der Waals surface area contributed by atoms with Gasteiger partial charge in [0.15, 0.2) is 0 Å². The number of pyridine rings is 2. The van der Waals surface area contributed by atoms with Crippen LogP contribution in [0.15, 0.2) is 53.7 Å². The second-order valence-corrected chi connectivity index (χ2v) is 9.11. The van der Waals surface area contributed by atoms with Crippen molar-refractivity contribution >= 4 is 30.0 Å². The van der Waals surface area contributed by atoms with E-state index in [2.05, 4.69) is 52.7 Å². The molecule has 3 aromatic rings. The normalized spacial score (nSPS) is 14.5. The number of nitrogens with zero attached hydrogens (tertiary/aromatic N) is 4. The zero-order valence-electron chi connectivity index (χ0n) is 17.7. The summed E-state index contributed by atoms with van der Waals surface area (Å²) < 4.78 is 0. The van der Waals surface area contributed by atoms with Gasteiger partial charge in [0.2, 0.25) is 0 Å². The van der Waals surface area contributed by atoms with Crippen molar-refractivity contribution in [3.63, 3.8) is 0 Å². The van der Waals surface area contributed by atoms with Crippen LogP contribution in [0.4, 0.5) is 11.5 Å². The minimum absolute atomic E-state index is 0.237. The molecule has 1 fully saturated rings. The average Bonchev–Trinajstić information content (AvgIpc) is 2.73. The first-order valence-corrected chi connectivity index (χ1v) is 10.4. The van der Waals surface area contributed by atoms with Gasteiger partial charge in [-0.3, -0.25) is 9.78 Å². The number of amides is 1. The van der Waals surface area contributed by atoms with Crippen LogP contribution in [0.1, 0.15) is 35.5 Å². The zero-order valence-corrected chi connectivity index (χ0v) is 18.6. The van der Waals surface area contributed by atoms with Crippen molar-refractivity contribution in [1.29, 1.82) is 5.26 Å². The summed E-state index contributed by atoms with van der Waals surface area (Å²) >= 11 is 4.29. The number of rotatable bonds is 4. The average molecular weight is 430 g/mol. The van der Waals surface area contributed by atoms with Crippen LogP contribution in [-0.4, -0.2) is 29.0 Å². The molecule has 6 nitrogen and oxygen atoms in total. The number of nitriles is 1. The van der Waals surface area contributed by atoms with Gasteiger partial charge in [-0.15, -0.1) is 12.6 Å². The van der Waals surface area contributed by atoms with Gasteiger partial charge in [-0.2, -0.15) is 5.26 Å². The summed E-state index contributed by atoms with van der Waals surface area (Å²) in [7, 11) is 0. The first-order chi connectivity index (χ1) is 14.8. The Bertz CT molecular complexity index is 1210. The van der Waals surface area contributed by atoms with Crippen LogP contribution in [-0.2, 0) is 0 Å². The molecule has 156 valence electrons. The molecule has 0 atom stereocenters. The van der Waals surface area contributed by atoms with Gasteiger partial charge in [0.1, 0.15) is 11.9 Å². The lowest BCUT2D eigenvalue weighted by molar-refractivity contribution is 0.102. The maximum atomic E-state index is 12.6. The van der Waals surface area contributed by atoms with E-state index in [4.69, 9.17) is 0 Å². The number of aryl methyl sites for hydroxylation is 1. The fraction of sp³-hybridized carbons (Fsp3) is 0.250. The summed E-state index contributed by atoms with van der Waals surface area (Å²) in [4.78, 5) is 24.4. The van der Waals surface area contributed by atoms with E-state index < -0.39 is 0 Å². The molecular weight excluding hydrogens is 406 g/mol. The Balaban J connectivity index is 1.61. The highest BCUT2D eigenvalue weighted by molar-refractivity contribution is 7.80. The summed E-state index contributed by atoms with van der Waals surface area (Å²) in [5, 5.41) is 12.6. The minimum atomic E-state index is -0.237. The van der Waals surface area contributed by atoms with Crippen molar-refractivity contribution in [3.8, 4) is 17.2 Å². The molecule has 1 aromatic carbocycles. The van der Waals surface area contributed by atoms with Crippen LogP contribution in [0, 0.1) is 23.7 Å². The van der Waals surface area contributed by atoms with E-state index in [9.17, 15) is 10.1 Å². The molecule has 31 heavy (non-hydrogen) atoms. The predicted octanol–water partition coefficient (Wildman–Crippen LogP) is 4.71. The number of benzene rings is 1. The molecule has 0 unspecified atom stereocenters.